The van der Waals surface area contributed by atoms with Gasteiger partial charge in [0, 0.05) is 6.42 Å². The number of anilines is 1. The number of nitriles is 1. The third kappa shape index (κ3) is 4.46. The summed E-state index contributed by atoms with van der Waals surface area (Å²) in [6.45, 7) is 3.65. The number of amides is 1. The minimum Gasteiger partial charge on any atom is -0.462 e. The summed E-state index contributed by atoms with van der Waals surface area (Å²) in [5.41, 5.74) is 5.79. The average molecular weight is 400 g/mol. The average Bonchev–Trinajstić information content (AvgIpc) is 3.30. The standard InChI is InChI=1S/C19H24N6O4/c1-12(2)7-16(26)22-8-17(27)28-9-13-5-6-19(10-20,29-13)15-4-3-14-18(21)23-11-24-25(14)15/h3-4,11-13H,5-9H2,1-2H3,(H,22,26)(H2,21,23,24). The topological polar surface area (TPSA) is 145 Å². The van der Waals surface area contributed by atoms with Gasteiger partial charge in [-0.3, -0.25) is 9.59 Å². The summed E-state index contributed by atoms with van der Waals surface area (Å²) >= 11 is 0. The van der Waals surface area contributed by atoms with E-state index >= 15 is 0 Å². The predicted octanol–water partition coefficient (Wildman–Crippen LogP) is 0.915. The maximum atomic E-state index is 11.9. The quantitative estimate of drug-likeness (QED) is 0.653. The van der Waals surface area contributed by atoms with Gasteiger partial charge in [0.1, 0.15) is 31.1 Å². The number of nitrogens with one attached hydrogen (secondary N) is 1. The maximum absolute atomic E-state index is 11.9. The van der Waals surface area contributed by atoms with Crippen molar-refractivity contribution in [1.82, 2.24) is 19.9 Å². The Kier molecular flexibility index (Phi) is 5.98. The zero-order valence-electron chi connectivity index (χ0n) is 16.4. The van der Waals surface area contributed by atoms with Crippen LogP contribution in [0.25, 0.3) is 5.52 Å². The minimum atomic E-state index is -1.21. The first-order chi connectivity index (χ1) is 13.8. The van der Waals surface area contributed by atoms with Crippen LogP contribution in [0.5, 0.6) is 0 Å². The van der Waals surface area contributed by atoms with E-state index in [0.717, 1.165) is 0 Å². The molecule has 2 aromatic heterocycles. The van der Waals surface area contributed by atoms with Crippen LogP contribution in [-0.4, -0.2) is 45.7 Å². The van der Waals surface area contributed by atoms with E-state index in [-0.39, 0.29) is 25.0 Å². The van der Waals surface area contributed by atoms with E-state index in [0.29, 0.717) is 36.3 Å². The van der Waals surface area contributed by atoms with Gasteiger partial charge >= 0.3 is 5.97 Å². The smallest absolute Gasteiger partial charge is 0.325 e. The van der Waals surface area contributed by atoms with E-state index in [4.69, 9.17) is 15.2 Å². The molecule has 3 heterocycles. The van der Waals surface area contributed by atoms with Gasteiger partial charge in [0.2, 0.25) is 5.91 Å². The Balaban J connectivity index is 1.58. The number of hydrogen-bond donors (Lipinski definition) is 2. The normalized spacial score (nSPS) is 21.2. The molecule has 3 N–H and O–H groups in total. The van der Waals surface area contributed by atoms with Gasteiger partial charge in [-0.25, -0.2) is 9.50 Å². The molecule has 2 atom stereocenters. The summed E-state index contributed by atoms with van der Waals surface area (Å²) in [7, 11) is 0. The zero-order chi connectivity index (χ0) is 21.0. The molecule has 1 saturated heterocycles. The lowest BCUT2D eigenvalue weighted by molar-refractivity contribution is -0.148. The Morgan fingerprint density at radius 2 is 2.31 bits per heavy atom. The fourth-order valence-corrected chi connectivity index (χ4v) is 3.32. The van der Waals surface area contributed by atoms with Crippen LogP contribution in [-0.2, 0) is 24.7 Å². The van der Waals surface area contributed by atoms with Crippen LogP contribution in [0.15, 0.2) is 18.5 Å². The van der Waals surface area contributed by atoms with Gasteiger partial charge in [-0.15, -0.1) is 0 Å². The molecule has 10 heteroatoms. The Hall–Kier alpha value is -3.19. The van der Waals surface area contributed by atoms with Crippen LogP contribution in [0.2, 0.25) is 0 Å². The van der Waals surface area contributed by atoms with Crippen molar-refractivity contribution in [3.63, 3.8) is 0 Å². The van der Waals surface area contributed by atoms with Crippen LogP contribution in [0, 0.1) is 17.2 Å². The van der Waals surface area contributed by atoms with Crippen LogP contribution in [0.4, 0.5) is 5.82 Å². The number of hydrogen-bond acceptors (Lipinski definition) is 8. The molecule has 10 nitrogen and oxygen atoms in total. The first-order valence-corrected chi connectivity index (χ1v) is 9.44. The van der Waals surface area contributed by atoms with E-state index in [1.165, 1.54) is 6.33 Å². The number of ether oxygens (including phenoxy) is 2. The van der Waals surface area contributed by atoms with Crippen molar-refractivity contribution in [2.75, 3.05) is 18.9 Å². The number of fused-ring (bicyclic) bond motifs is 1. The second-order valence-electron chi connectivity index (χ2n) is 7.44. The van der Waals surface area contributed by atoms with Crippen LogP contribution in [0.3, 0.4) is 0 Å². The van der Waals surface area contributed by atoms with Gasteiger partial charge in [0.05, 0.1) is 11.8 Å². The molecule has 3 rings (SSSR count). The Morgan fingerprint density at radius 1 is 1.52 bits per heavy atom. The number of carbonyl (C=O) groups excluding carboxylic acids is 2. The van der Waals surface area contributed by atoms with Crippen molar-refractivity contribution in [1.29, 1.82) is 5.26 Å². The molecule has 29 heavy (non-hydrogen) atoms. The number of carbonyl (C=O) groups is 2. The van der Waals surface area contributed by atoms with E-state index in [2.05, 4.69) is 21.5 Å². The summed E-state index contributed by atoms with van der Waals surface area (Å²) in [6, 6.07) is 5.70. The predicted molar refractivity (Wildman–Crippen MR) is 102 cm³/mol. The first kappa shape index (κ1) is 20.5. The van der Waals surface area contributed by atoms with Crippen molar-refractivity contribution >= 4 is 23.2 Å². The number of nitrogens with zero attached hydrogens (tertiary/aromatic N) is 4. The molecule has 2 aromatic rings. The molecule has 0 bridgehead atoms. The number of esters is 1. The number of rotatable bonds is 7. The van der Waals surface area contributed by atoms with Crippen molar-refractivity contribution in [2.45, 2.75) is 44.8 Å². The van der Waals surface area contributed by atoms with Crippen molar-refractivity contribution in [2.24, 2.45) is 5.92 Å². The van der Waals surface area contributed by atoms with E-state index in [1.807, 2.05) is 13.8 Å². The van der Waals surface area contributed by atoms with Gasteiger partial charge in [-0.05, 0) is 30.9 Å². The number of nitrogen functional groups attached to an aromatic ring is 1. The fraction of sp³-hybridized carbons (Fsp3) is 0.526. The molecule has 2 unspecified atom stereocenters. The van der Waals surface area contributed by atoms with Crippen LogP contribution in [0.1, 0.15) is 38.8 Å². The third-order valence-electron chi connectivity index (χ3n) is 4.72. The summed E-state index contributed by atoms with van der Waals surface area (Å²) < 4.78 is 12.7. The lowest BCUT2D eigenvalue weighted by Crippen LogP contribution is -2.33. The highest BCUT2D eigenvalue weighted by atomic mass is 16.6. The second kappa shape index (κ2) is 8.45. The molecule has 0 radical (unpaired) electrons. The van der Waals surface area contributed by atoms with Gasteiger partial charge in [-0.1, -0.05) is 13.8 Å². The lowest BCUT2D eigenvalue weighted by atomic mass is 9.98. The molecule has 154 valence electrons. The Bertz CT molecular complexity index is 950. The monoisotopic (exact) mass is 400 g/mol. The van der Waals surface area contributed by atoms with Crippen molar-refractivity contribution in [3.8, 4) is 6.07 Å². The molecule has 0 spiro atoms. The Labute approximate surface area is 168 Å². The van der Waals surface area contributed by atoms with Crippen LogP contribution >= 0.6 is 0 Å². The van der Waals surface area contributed by atoms with E-state index in [1.54, 1.807) is 16.6 Å². The van der Waals surface area contributed by atoms with Gasteiger partial charge < -0.3 is 20.5 Å². The molecular formula is C19H24N6O4. The van der Waals surface area contributed by atoms with Crippen molar-refractivity contribution < 1.29 is 19.1 Å². The highest BCUT2D eigenvalue weighted by Gasteiger charge is 2.45. The first-order valence-electron chi connectivity index (χ1n) is 9.44. The zero-order valence-corrected chi connectivity index (χ0v) is 16.4. The van der Waals surface area contributed by atoms with Gasteiger partial charge in [-0.2, -0.15) is 10.4 Å². The third-order valence-corrected chi connectivity index (χ3v) is 4.72. The minimum absolute atomic E-state index is 0.00272. The highest BCUT2D eigenvalue weighted by Crippen LogP contribution is 2.39. The van der Waals surface area contributed by atoms with Gasteiger partial charge in [0.15, 0.2) is 11.4 Å². The summed E-state index contributed by atoms with van der Waals surface area (Å²) in [5, 5.41) is 16.5. The maximum Gasteiger partial charge on any atom is 0.325 e. The molecule has 1 amide bonds. The van der Waals surface area contributed by atoms with Crippen LogP contribution < -0.4 is 11.1 Å². The Morgan fingerprint density at radius 3 is 3.03 bits per heavy atom. The summed E-state index contributed by atoms with van der Waals surface area (Å²) in [6.07, 6.45) is 2.19. The molecule has 0 aromatic carbocycles. The molecule has 1 aliphatic rings. The SMILES string of the molecule is CC(C)CC(=O)NCC(=O)OCC1CCC(C#N)(c2ccc3c(N)ncnn23)O1. The molecule has 0 saturated carbocycles. The highest BCUT2D eigenvalue weighted by molar-refractivity contribution is 5.81. The summed E-state index contributed by atoms with van der Waals surface area (Å²) in [4.78, 5) is 27.4. The largest absolute Gasteiger partial charge is 0.462 e. The molecule has 1 aliphatic heterocycles. The fourth-order valence-electron chi connectivity index (χ4n) is 3.32. The van der Waals surface area contributed by atoms with E-state index in [9.17, 15) is 14.9 Å². The molecule has 1 fully saturated rings. The van der Waals surface area contributed by atoms with E-state index < -0.39 is 17.7 Å². The molecule has 0 aliphatic carbocycles. The van der Waals surface area contributed by atoms with Gasteiger partial charge in [0.25, 0.3) is 0 Å². The lowest BCUT2D eigenvalue weighted by Gasteiger charge is -2.21. The second-order valence-corrected chi connectivity index (χ2v) is 7.44. The van der Waals surface area contributed by atoms with Crippen molar-refractivity contribution in [3.05, 3.63) is 24.2 Å². The summed E-state index contributed by atoms with van der Waals surface area (Å²) in [5.74, 6) is -0.224. The molecular weight excluding hydrogens is 376 g/mol. The number of aromatic nitrogens is 3. The number of nitrogens with two attached hydrogens (primary N) is 1.